The Bertz CT molecular complexity index is 448. The maximum atomic E-state index is 10.7. The highest BCUT2D eigenvalue weighted by Gasteiger charge is 2.37. The lowest BCUT2D eigenvalue weighted by Gasteiger charge is -2.35. The Kier molecular flexibility index (Phi) is 4.01. The number of aliphatic hydroxyl groups excluding tert-OH is 3. The summed E-state index contributed by atoms with van der Waals surface area (Å²) < 4.78 is 5.17. The van der Waals surface area contributed by atoms with E-state index in [1.54, 1.807) is 0 Å². The zero-order valence-corrected chi connectivity index (χ0v) is 9.93. The molecule has 0 amide bonds. The third-order valence-corrected chi connectivity index (χ3v) is 2.94. The number of aliphatic hydroxyl groups is 3. The van der Waals surface area contributed by atoms with Gasteiger partial charge in [0.05, 0.1) is 12.2 Å². The molecule has 104 valence electrons. The van der Waals surface area contributed by atoms with Gasteiger partial charge in [0.25, 0.3) is 0 Å². The van der Waals surface area contributed by atoms with Gasteiger partial charge in [0.2, 0.25) is 0 Å². The average Bonchev–Trinajstić information content (AvgIpc) is 2.40. The van der Waals surface area contributed by atoms with Gasteiger partial charge < -0.3 is 30.5 Å². The number of ether oxygens (including phenoxy) is 1. The van der Waals surface area contributed by atoms with E-state index in [9.17, 15) is 20.1 Å². The van der Waals surface area contributed by atoms with Crippen LogP contribution in [0, 0.1) is 0 Å². The summed E-state index contributed by atoms with van der Waals surface area (Å²) >= 11 is 0. The number of carboxylic acid groups (broad SMARTS) is 1. The molecule has 1 heterocycles. The molecular formula is C12H15NO6. The van der Waals surface area contributed by atoms with Gasteiger partial charge in [-0.25, -0.2) is 4.79 Å². The van der Waals surface area contributed by atoms with E-state index in [0.29, 0.717) is 5.69 Å². The molecule has 19 heavy (non-hydrogen) atoms. The molecule has 1 aliphatic rings. The second kappa shape index (κ2) is 5.54. The molecule has 1 aromatic carbocycles. The molecule has 0 aliphatic carbocycles. The van der Waals surface area contributed by atoms with E-state index in [1.807, 2.05) is 0 Å². The maximum absolute atomic E-state index is 10.7. The zero-order chi connectivity index (χ0) is 14.0. The summed E-state index contributed by atoms with van der Waals surface area (Å²) in [4.78, 5) is 10.7. The van der Waals surface area contributed by atoms with Crippen LogP contribution < -0.4 is 5.32 Å². The van der Waals surface area contributed by atoms with E-state index >= 15 is 0 Å². The maximum Gasteiger partial charge on any atom is 0.335 e. The fourth-order valence-corrected chi connectivity index (χ4v) is 1.81. The third-order valence-electron chi connectivity index (χ3n) is 2.94. The van der Waals surface area contributed by atoms with Crippen LogP contribution in [0.25, 0.3) is 0 Å². The summed E-state index contributed by atoms with van der Waals surface area (Å²) in [6.45, 7) is -0.0941. The monoisotopic (exact) mass is 269 g/mol. The zero-order valence-electron chi connectivity index (χ0n) is 9.93. The third kappa shape index (κ3) is 3.02. The van der Waals surface area contributed by atoms with Crippen molar-refractivity contribution < 1.29 is 30.0 Å². The van der Waals surface area contributed by atoms with Crippen molar-refractivity contribution in [2.45, 2.75) is 24.5 Å². The Morgan fingerprint density at radius 1 is 1.16 bits per heavy atom. The number of nitrogens with one attached hydrogen (secondary N) is 1. The molecule has 7 nitrogen and oxygen atoms in total. The van der Waals surface area contributed by atoms with Crippen LogP contribution in [0.5, 0.6) is 0 Å². The number of hydrogen-bond acceptors (Lipinski definition) is 6. The van der Waals surface area contributed by atoms with Gasteiger partial charge in [0.1, 0.15) is 18.3 Å². The SMILES string of the molecule is O=C(O)c1ccc(N[C@H]2OC[C@@H](O)[C@H](O)[C@@H]2O)cc1. The molecule has 0 spiro atoms. The van der Waals surface area contributed by atoms with E-state index in [-0.39, 0.29) is 12.2 Å². The number of anilines is 1. The number of carbonyl (C=O) groups is 1. The molecule has 2 rings (SSSR count). The molecular weight excluding hydrogens is 254 g/mol. The van der Waals surface area contributed by atoms with Crippen LogP contribution in [0.4, 0.5) is 5.69 Å². The van der Waals surface area contributed by atoms with E-state index in [1.165, 1.54) is 24.3 Å². The largest absolute Gasteiger partial charge is 0.478 e. The van der Waals surface area contributed by atoms with Crippen molar-refractivity contribution in [3.05, 3.63) is 29.8 Å². The van der Waals surface area contributed by atoms with E-state index in [2.05, 4.69) is 5.32 Å². The van der Waals surface area contributed by atoms with Crippen molar-refractivity contribution in [2.75, 3.05) is 11.9 Å². The Morgan fingerprint density at radius 2 is 1.79 bits per heavy atom. The van der Waals surface area contributed by atoms with Crippen molar-refractivity contribution >= 4 is 11.7 Å². The molecule has 0 aromatic heterocycles. The Morgan fingerprint density at radius 3 is 2.37 bits per heavy atom. The van der Waals surface area contributed by atoms with Crippen molar-refractivity contribution in [3.8, 4) is 0 Å². The average molecular weight is 269 g/mol. The van der Waals surface area contributed by atoms with Gasteiger partial charge >= 0.3 is 5.97 Å². The minimum absolute atomic E-state index is 0.0941. The molecule has 7 heteroatoms. The van der Waals surface area contributed by atoms with Crippen molar-refractivity contribution in [2.24, 2.45) is 0 Å². The van der Waals surface area contributed by atoms with Crippen LogP contribution >= 0.6 is 0 Å². The Labute approximate surface area is 109 Å². The van der Waals surface area contributed by atoms with Crippen LogP contribution in [0.2, 0.25) is 0 Å². The quantitative estimate of drug-likeness (QED) is 0.489. The highest BCUT2D eigenvalue weighted by Crippen LogP contribution is 2.19. The molecule has 0 radical (unpaired) electrons. The van der Waals surface area contributed by atoms with Gasteiger partial charge in [-0.15, -0.1) is 0 Å². The topological polar surface area (TPSA) is 119 Å². The number of aromatic carboxylic acids is 1. The summed E-state index contributed by atoms with van der Waals surface area (Å²) in [5, 5.41) is 40.1. The molecule has 5 N–H and O–H groups in total. The lowest BCUT2D eigenvalue weighted by Crippen LogP contribution is -2.55. The molecule has 1 aliphatic heterocycles. The van der Waals surface area contributed by atoms with Gasteiger partial charge in [-0.2, -0.15) is 0 Å². The van der Waals surface area contributed by atoms with Crippen molar-refractivity contribution in [3.63, 3.8) is 0 Å². The molecule has 0 saturated carbocycles. The highest BCUT2D eigenvalue weighted by atomic mass is 16.5. The summed E-state index contributed by atoms with van der Waals surface area (Å²) in [5.74, 6) is -1.03. The fourth-order valence-electron chi connectivity index (χ4n) is 1.81. The van der Waals surface area contributed by atoms with Crippen LogP contribution in [-0.2, 0) is 4.74 Å². The first kappa shape index (κ1) is 13.8. The first-order valence-electron chi connectivity index (χ1n) is 5.74. The van der Waals surface area contributed by atoms with Gasteiger partial charge in [0, 0.05) is 5.69 Å². The lowest BCUT2D eigenvalue weighted by molar-refractivity contribution is -0.178. The lowest BCUT2D eigenvalue weighted by atomic mass is 10.0. The summed E-state index contributed by atoms with van der Waals surface area (Å²) in [5.41, 5.74) is 0.684. The second-order valence-corrected chi connectivity index (χ2v) is 4.33. The standard InChI is InChI=1S/C12H15NO6/c14-8-5-19-11(10(16)9(8)15)13-7-3-1-6(2-4-7)12(17)18/h1-4,8-11,13-16H,5H2,(H,17,18)/t8-,9+,10+,11+/m1/s1. The van der Waals surface area contributed by atoms with Gasteiger partial charge in [0.15, 0.2) is 6.23 Å². The number of hydrogen-bond donors (Lipinski definition) is 5. The van der Waals surface area contributed by atoms with Gasteiger partial charge in [-0.05, 0) is 24.3 Å². The summed E-state index contributed by atoms with van der Waals surface area (Å²) in [7, 11) is 0. The van der Waals surface area contributed by atoms with E-state index in [0.717, 1.165) is 0 Å². The minimum atomic E-state index is -1.29. The summed E-state index contributed by atoms with van der Waals surface area (Å²) in [6.07, 6.45) is -4.55. The molecule has 1 fully saturated rings. The number of carboxylic acids is 1. The van der Waals surface area contributed by atoms with E-state index < -0.39 is 30.5 Å². The van der Waals surface area contributed by atoms with Crippen LogP contribution in [0.15, 0.2) is 24.3 Å². The molecule has 0 unspecified atom stereocenters. The second-order valence-electron chi connectivity index (χ2n) is 4.33. The van der Waals surface area contributed by atoms with Crippen LogP contribution in [-0.4, -0.2) is 57.5 Å². The minimum Gasteiger partial charge on any atom is -0.478 e. The van der Waals surface area contributed by atoms with Crippen LogP contribution in [0.3, 0.4) is 0 Å². The Balaban J connectivity index is 2.03. The number of rotatable bonds is 3. The van der Waals surface area contributed by atoms with Crippen LogP contribution in [0.1, 0.15) is 10.4 Å². The predicted molar refractivity (Wildman–Crippen MR) is 64.8 cm³/mol. The molecule has 4 atom stereocenters. The summed E-state index contributed by atoms with van der Waals surface area (Å²) in [6, 6.07) is 5.87. The first-order valence-corrected chi connectivity index (χ1v) is 5.74. The first-order chi connectivity index (χ1) is 8.99. The van der Waals surface area contributed by atoms with Crippen molar-refractivity contribution in [1.29, 1.82) is 0 Å². The highest BCUT2D eigenvalue weighted by molar-refractivity contribution is 5.87. The smallest absolute Gasteiger partial charge is 0.335 e. The predicted octanol–water partition coefficient (Wildman–Crippen LogP) is -0.764. The van der Waals surface area contributed by atoms with Gasteiger partial charge in [-0.3, -0.25) is 0 Å². The molecule has 1 saturated heterocycles. The molecule has 1 aromatic rings. The fraction of sp³-hybridized carbons (Fsp3) is 0.417. The van der Waals surface area contributed by atoms with Crippen molar-refractivity contribution in [1.82, 2.24) is 0 Å². The van der Waals surface area contributed by atoms with E-state index in [4.69, 9.17) is 9.84 Å². The Hall–Kier alpha value is -1.67. The number of benzene rings is 1. The van der Waals surface area contributed by atoms with Gasteiger partial charge in [-0.1, -0.05) is 0 Å². The molecule has 0 bridgehead atoms. The normalized spacial score (nSPS) is 30.9.